The lowest BCUT2D eigenvalue weighted by molar-refractivity contribution is 0.0766. The molecule has 0 unspecified atom stereocenters. The molecule has 1 fully saturated rings. The van der Waals surface area contributed by atoms with Crippen molar-refractivity contribution < 1.29 is 9.59 Å². The molecule has 1 saturated heterocycles. The van der Waals surface area contributed by atoms with Crippen molar-refractivity contribution in [3.05, 3.63) is 17.2 Å². The van der Waals surface area contributed by atoms with Crippen LogP contribution < -0.4 is 0 Å². The molecule has 2 amide bonds. The van der Waals surface area contributed by atoms with Crippen LogP contribution in [-0.4, -0.2) is 57.3 Å². The van der Waals surface area contributed by atoms with Crippen molar-refractivity contribution in [3.8, 4) is 0 Å². The topological polar surface area (TPSA) is 58.4 Å². The maximum Gasteiger partial charge on any atom is 0.289 e. The molecule has 1 aromatic heterocycles. The van der Waals surface area contributed by atoms with Crippen molar-refractivity contribution in [3.63, 3.8) is 0 Å². The second-order valence-electron chi connectivity index (χ2n) is 6.32. The molecule has 3 heterocycles. The molecule has 1 aromatic rings. The van der Waals surface area contributed by atoms with Crippen LogP contribution in [0.25, 0.3) is 0 Å². The zero-order valence-corrected chi connectivity index (χ0v) is 14.2. The average molecular weight is 318 g/mol. The molecule has 3 rings (SSSR count). The van der Waals surface area contributed by atoms with Gasteiger partial charge in [-0.2, -0.15) is 0 Å². The molecule has 0 saturated carbocycles. The number of carbonyl (C=O) groups is 2. The number of aromatic nitrogens is 2. The summed E-state index contributed by atoms with van der Waals surface area (Å²) >= 11 is 0. The molecule has 23 heavy (non-hydrogen) atoms. The standard InChI is InChI=1S/C17H26N4O2/c1-3-19(4-2)16(22)14-13-9-5-6-12-21(13)15(18-14)17(23)20-10-7-8-11-20/h3-12H2,1-2H3. The van der Waals surface area contributed by atoms with E-state index < -0.39 is 0 Å². The Morgan fingerprint density at radius 1 is 1.04 bits per heavy atom. The third-order valence-electron chi connectivity index (χ3n) is 4.96. The van der Waals surface area contributed by atoms with Gasteiger partial charge in [0.25, 0.3) is 11.8 Å². The van der Waals surface area contributed by atoms with Gasteiger partial charge in [0.05, 0.1) is 5.69 Å². The van der Waals surface area contributed by atoms with Gasteiger partial charge in [0.2, 0.25) is 0 Å². The zero-order chi connectivity index (χ0) is 16.4. The number of carbonyl (C=O) groups excluding carboxylic acids is 2. The first-order chi connectivity index (χ1) is 11.2. The summed E-state index contributed by atoms with van der Waals surface area (Å²) in [6.07, 6.45) is 5.06. The number of hydrogen-bond donors (Lipinski definition) is 0. The van der Waals surface area contributed by atoms with Gasteiger partial charge in [-0.05, 0) is 46.0 Å². The maximum absolute atomic E-state index is 12.8. The minimum Gasteiger partial charge on any atom is -0.338 e. The molecule has 2 aliphatic heterocycles. The highest BCUT2D eigenvalue weighted by Gasteiger charge is 2.31. The number of hydrogen-bond acceptors (Lipinski definition) is 3. The minimum absolute atomic E-state index is 0.00996. The first-order valence-electron chi connectivity index (χ1n) is 8.85. The van der Waals surface area contributed by atoms with E-state index in [2.05, 4.69) is 4.98 Å². The number of rotatable bonds is 4. The Hall–Kier alpha value is -1.85. The Bertz CT molecular complexity index is 559. The van der Waals surface area contributed by atoms with Crippen LogP contribution in [0.5, 0.6) is 0 Å². The number of nitrogens with zero attached hydrogens (tertiary/aromatic N) is 4. The van der Waals surface area contributed by atoms with E-state index in [9.17, 15) is 9.59 Å². The summed E-state index contributed by atoms with van der Waals surface area (Å²) in [6.45, 7) is 7.68. The van der Waals surface area contributed by atoms with E-state index in [-0.39, 0.29) is 11.8 Å². The molecule has 2 aliphatic rings. The van der Waals surface area contributed by atoms with Crippen LogP contribution in [-0.2, 0) is 13.0 Å². The van der Waals surface area contributed by atoms with Crippen LogP contribution in [0.15, 0.2) is 0 Å². The summed E-state index contributed by atoms with van der Waals surface area (Å²) in [5.74, 6) is 0.419. The molecule has 126 valence electrons. The fraction of sp³-hybridized carbons (Fsp3) is 0.706. The lowest BCUT2D eigenvalue weighted by Crippen LogP contribution is -2.32. The van der Waals surface area contributed by atoms with Gasteiger partial charge in [-0.25, -0.2) is 4.98 Å². The van der Waals surface area contributed by atoms with Crippen molar-refractivity contribution in [2.45, 2.75) is 52.5 Å². The SMILES string of the molecule is CCN(CC)C(=O)c1nc(C(=O)N2CCCC2)n2c1CCCC2. The Labute approximate surface area is 137 Å². The molecule has 0 bridgehead atoms. The third kappa shape index (κ3) is 2.86. The van der Waals surface area contributed by atoms with Crippen LogP contribution in [0.3, 0.4) is 0 Å². The second kappa shape index (κ2) is 6.72. The quantitative estimate of drug-likeness (QED) is 0.852. The Morgan fingerprint density at radius 2 is 1.70 bits per heavy atom. The fourth-order valence-electron chi connectivity index (χ4n) is 3.60. The highest BCUT2D eigenvalue weighted by atomic mass is 16.2. The molecule has 0 aliphatic carbocycles. The molecule has 0 spiro atoms. The lowest BCUT2D eigenvalue weighted by atomic mass is 10.1. The number of imidazole rings is 1. The Kier molecular flexibility index (Phi) is 4.68. The molecule has 6 nitrogen and oxygen atoms in total. The molecule has 6 heteroatoms. The van der Waals surface area contributed by atoms with E-state index in [0.717, 1.165) is 57.4 Å². The second-order valence-corrected chi connectivity index (χ2v) is 6.32. The van der Waals surface area contributed by atoms with Gasteiger partial charge >= 0.3 is 0 Å². The minimum atomic E-state index is -0.0406. The average Bonchev–Trinajstić information content (AvgIpc) is 3.23. The van der Waals surface area contributed by atoms with Crippen LogP contribution in [0.2, 0.25) is 0 Å². The van der Waals surface area contributed by atoms with Crippen LogP contribution in [0.4, 0.5) is 0 Å². The molecule has 0 radical (unpaired) electrons. The molecule has 0 aromatic carbocycles. The predicted molar refractivity (Wildman–Crippen MR) is 87.6 cm³/mol. The van der Waals surface area contributed by atoms with Gasteiger partial charge in [0, 0.05) is 32.7 Å². The Balaban J connectivity index is 1.97. The van der Waals surface area contributed by atoms with Crippen molar-refractivity contribution in [1.82, 2.24) is 19.4 Å². The van der Waals surface area contributed by atoms with Crippen molar-refractivity contribution >= 4 is 11.8 Å². The van der Waals surface area contributed by atoms with Crippen molar-refractivity contribution in [2.24, 2.45) is 0 Å². The predicted octanol–water partition coefficient (Wildman–Crippen LogP) is 1.94. The number of likely N-dealkylation sites (tertiary alicyclic amines) is 1. The van der Waals surface area contributed by atoms with Gasteiger partial charge in [0.15, 0.2) is 5.82 Å². The summed E-state index contributed by atoms with van der Waals surface area (Å²) in [5.41, 5.74) is 1.45. The van der Waals surface area contributed by atoms with E-state index in [0.29, 0.717) is 24.6 Å². The van der Waals surface area contributed by atoms with Crippen molar-refractivity contribution in [1.29, 1.82) is 0 Å². The lowest BCUT2D eigenvalue weighted by Gasteiger charge is -2.21. The summed E-state index contributed by atoms with van der Waals surface area (Å²) in [5, 5.41) is 0. The van der Waals surface area contributed by atoms with E-state index >= 15 is 0 Å². The zero-order valence-electron chi connectivity index (χ0n) is 14.2. The van der Waals surface area contributed by atoms with Crippen molar-refractivity contribution in [2.75, 3.05) is 26.2 Å². The van der Waals surface area contributed by atoms with E-state index in [1.54, 1.807) is 4.90 Å². The van der Waals surface area contributed by atoms with Crippen LogP contribution in [0.1, 0.15) is 66.3 Å². The largest absolute Gasteiger partial charge is 0.338 e. The van der Waals surface area contributed by atoms with Gasteiger partial charge in [-0.3, -0.25) is 9.59 Å². The fourth-order valence-corrected chi connectivity index (χ4v) is 3.60. The summed E-state index contributed by atoms with van der Waals surface area (Å²) in [7, 11) is 0. The van der Waals surface area contributed by atoms with E-state index in [4.69, 9.17) is 0 Å². The van der Waals surface area contributed by atoms with Gasteiger partial charge in [-0.15, -0.1) is 0 Å². The smallest absolute Gasteiger partial charge is 0.289 e. The van der Waals surface area contributed by atoms with Gasteiger partial charge in [0.1, 0.15) is 5.69 Å². The van der Waals surface area contributed by atoms with Crippen LogP contribution in [0, 0.1) is 0 Å². The van der Waals surface area contributed by atoms with Gasteiger partial charge < -0.3 is 14.4 Å². The third-order valence-corrected chi connectivity index (χ3v) is 4.96. The van der Waals surface area contributed by atoms with E-state index in [1.165, 1.54) is 0 Å². The van der Waals surface area contributed by atoms with Crippen LogP contribution >= 0.6 is 0 Å². The summed E-state index contributed by atoms with van der Waals surface area (Å²) in [6, 6.07) is 0. The maximum atomic E-state index is 12.8. The summed E-state index contributed by atoms with van der Waals surface area (Å²) < 4.78 is 2.00. The highest BCUT2D eigenvalue weighted by molar-refractivity contribution is 5.97. The molecule has 0 atom stereocenters. The molecule has 0 N–H and O–H groups in total. The Morgan fingerprint density at radius 3 is 2.35 bits per heavy atom. The van der Waals surface area contributed by atoms with E-state index in [1.807, 2.05) is 23.3 Å². The molecular formula is C17H26N4O2. The normalized spacial score (nSPS) is 17.2. The van der Waals surface area contributed by atoms with Gasteiger partial charge in [-0.1, -0.05) is 0 Å². The molecular weight excluding hydrogens is 292 g/mol. The number of amides is 2. The first kappa shape index (κ1) is 16.0. The first-order valence-corrected chi connectivity index (χ1v) is 8.85. The summed E-state index contributed by atoms with van der Waals surface area (Å²) in [4.78, 5) is 33.7. The monoisotopic (exact) mass is 318 g/mol. The number of fused-ring (bicyclic) bond motifs is 1. The highest BCUT2D eigenvalue weighted by Crippen LogP contribution is 2.24.